The molecule has 70 heavy (non-hydrogen) atoms. The smallest absolute Gasteiger partial charge is 0.306 e. The van der Waals surface area contributed by atoms with Crippen molar-refractivity contribution < 1.29 is 28.6 Å². The van der Waals surface area contributed by atoms with Gasteiger partial charge in [-0.1, -0.05) is 261 Å². The summed E-state index contributed by atoms with van der Waals surface area (Å²) >= 11 is 0. The average molecular weight is 980 g/mol. The van der Waals surface area contributed by atoms with Gasteiger partial charge in [-0.25, -0.2) is 0 Å². The molecule has 0 aromatic rings. The molecular weight excluding hydrogens is 865 g/mol. The number of carbonyl (C=O) groups is 3. The van der Waals surface area contributed by atoms with E-state index < -0.39 is 6.10 Å². The first kappa shape index (κ1) is 67.1. The molecule has 0 aromatic heterocycles. The number of rotatable bonds is 55. The molecule has 0 fully saturated rings. The normalized spacial score (nSPS) is 12.4. The molecule has 0 saturated carbocycles. The molecular formula is C64H114O6. The Bertz CT molecular complexity index is 1260. The van der Waals surface area contributed by atoms with E-state index in [9.17, 15) is 14.4 Å². The zero-order chi connectivity index (χ0) is 50.7. The van der Waals surface area contributed by atoms with Crippen LogP contribution in [0, 0.1) is 0 Å². The predicted octanol–water partition coefficient (Wildman–Crippen LogP) is 20.4. The van der Waals surface area contributed by atoms with Crippen molar-refractivity contribution in [2.45, 2.75) is 316 Å². The zero-order valence-electron chi connectivity index (χ0n) is 46.5. The average Bonchev–Trinajstić information content (AvgIpc) is 3.36. The standard InChI is InChI=1S/C64H114O6/c1-4-7-10-13-16-19-22-25-28-31-32-34-36-39-42-45-48-51-54-57-63(66)69-60-61(59-68-62(65)56-53-50-47-44-41-38-35-30-27-24-21-18-15-12-9-6-3)70-64(67)58-55-52-49-46-43-40-37-33-29-26-23-20-17-14-11-8-5-2/h16,19,25-26,28-29,32,34,39,42,61H,4-15,17-18,20-24,27,30-31,33,35-38,40-41,43-60H2,1-3H3/b19-16-,28-25-,29-26-,34-32-,42-39-/t61-/m1/s1. The van der Waals surface area contributed by atoms with Crippen LogP contribution < -0.4 is 0 Å². The van der Waals surface area contributed by atoms with E-state index in [0.717, 1.165) is 83.5 Å². The number of ether oxygens (including phenoxy) is 3. The second kappa shape index (κ2) is 58.7. The van der Waals surface area contributed by atoms with Crippen LogP contribution in [0.4, 0.5) is 0 Å². The van der Waals surface area contributed by atoms with E-state index in [1.807, 2.05) is 0 Å². The molecule has 0 heterocycles. The fraction of sp³-hybridized carbons (Fsp3) is 0.797. The van der Waals surface area contributed by atoms with Crippen LogP contribution in [0.1, 0.15) is 310 Å². The van der Waals surface area contributed by atoms with Crippen molar-refractivity contribution in [2.75, 3.05) is 13.2 Å². The predicted molar refractivity (Wildman–Crippen MR) is 302 cm³/mol. The maximum Gasteiger partial charge on any atom is 0.306 e. The molecule has 0 aliphatic carbocycles. The molecule has 0 aliphatic rings. The molecule has 0 amide bonds. The van der Waals surface area contributed by atoms with Crippen molar-refractivity contribution in [3.63, 3.8) is 0 Å². The summed E-state index contributed by atoms with van der Waals surface area (Å²) in [5.74, 6) is -0.905. The second-order valence-corrected chi connectivity index (χ2v) is 20.3. The number of allylic oxidation sites excluding steroid dienone is 10. The van der Waals surface area contributed by atoms with Gasteiger partial charge in [-0.05, 0) is 89.9 Å². The summed E-state index contributed by atoms with van der Waals surface area (Å²) in [6.45, 7) is 6.61. The van der Waals surface area contributed by atoms with E-state index in [-0.39, 0.29) is 31.1 Å². The van der Waals surface area contributed by atoms with E-state index in [4.69, 9.17) is 14.2 Å². The third-order valence-electron chi connectivity index (χ3n) is 13.2. The molecule has 0 aliphatic heterocycles. The Morgan fingerprint density at radius 2 is 0.514 bits per heavy atom. The van der Waals surface area contributed by atoms with Gasteiger partial charge < -0.3 is 14.2 Å². The summed E-state index contributed by atoms with van der Waals surface area (Å²) in [5, 5.41) is 0. The minimum Gasteiger partial charge on any atom is -0.462 e. The lowest BCUT2D eigenvalue weighted by atomic mass is 10.0. The van der Waals surface area contributed by atoms with E-state index in [1.165, 1.54) is 186 Å². The van der Waals surface area contributed by atoms with E-state index >= 15 is 0 Å². The minimum atomic E-state index is -0.788. The van der Waals surface area contributed by atoms with Crippen molar-refractivity contribution in [1.29, 1.82) is 0 Å². The quantitative estimate of drug-likeness (QED) is 0.0261. The Morgan fingerprint density at radius 3 is 0.857 bits per heavy atom. The van der Waals surface area contributed by atoms with Gasteiger partial charge in [-0.2, -0.15) is 0 Å². The van der Waals surface area contributed by atoms with E-state index in [2.05, 4.69) is 81.5 Å². The van der Waals surface area contributed by atoms with Crippen LogP contribution in [0.25, 0.3) is 0 Å². The van der Waals surface area contributed by atoms with Crippen molar-refractivity contribution in [2.24, 2.45) is 0 Å². The largest absolute Gasteiger partial charge is 0.462 e. The summed E-state index contributed by atoms with van der Waals surface area (Å²) in [5.41, 5.74) is 0. The topological polar surface area (TPSA) is 78.9 Å². The van der Waals surface area contributed by atoms with Crippen LogP contribution in [-0.2, 0) is 28.6 Å². The maximum atomic E-state index is 12.9. The van der Waals surface area contributed by atoms with Gasteiger partial charge in [0.25, 0.3) is 0 Å². The van der Waals surface area contributed by atoms with Crippen molar-refractivity contribution in [3.8, 4) is 0 Å². The number of unbranched alkanes of at least 4 members (excludes halogenated alkanes) is 34. The summed E-state index contributed by atoms with van der Waals surface area (Å²) in [7, 11) is 0. The first-order chi connectivity index (χ1) is 34.5. The molecule has 0 unspecified atom stereocenters. The molecule has 0 spiro atoms. The molecule has 0 N–H and O–H groups in total. The third kappa shape index (κ3) is 56.0. The van der Waals surface area contributed by atoms with Gasteiger partial charge in [0.15, 0.2) is 6.10 Å². The van der Waals surface area contributed by atoms with Gasteiger partial charge in [-0.3, -0.25) is 14.4 Å². The number of esters is 3. The van der Waals surface area contributed by atoms with Crippen LogP contribution >= 0.6 is 0 Å². The third-order valence-corrected chi connectivity index (χ3v) is 13.2. The van der Waals surface area contributed by atoms with Crippen molar-refractivity contribution in [3.05, 3.63) is 60.8 Å². The fourth-order valence-electron chi connectivity index (χ4n) is 8.66. The van der Waals surface area contributed by atoms with E-state index in [1.54, 1.807) is 0 Å². The van der Waals surface area contributed by atoms with Crippen LogP contribution in [-0.4, -0.2) is 37.2 Å². The molecule has 0 aromatic carbocycles. The Labute approximate surface area is 434 Å². The van der Waals surface area contributed by atoms with Gasteiger partial charge in [0.1, 0.15) is 13.2 Å². The second-order valence-electron chi connectivity index (χ2n) is 20.3. The van der Waals surface area contributed by atoms with Crippen molar-refractivity contribution >= 4 is 17.9 Å². The summed E-state index contributed by atoms with van der Waals surface area (Å²) in [6, 6.07) is 0. The maximum absolute atomic E-state index is 12.9. The fourth-order valence-corrected chi connectivity index (χ4v) is 8.66. The lowest BCUT2D eigenvalue weighted by Gasteiger charge is -2.18. The lowest BCUT2D eigenvalue weighted by molar-refractivity contribution is -0.167. The van der Waals surface area contributed by atoms with Crippen LogP contribution in [0.2, 0.25) is 0 Å². The van der Waals surface area contributed by atoms with Crippen LogP contribution in [0.5, 0.6) is 0 Å². The lowest BCUT2D eigenvalue weighted by Crippen LogP contribution is -2.30. The van der Waals surface area contributed by atoms with E-state index in [0.29, 0.717) is 19.3 Å². The number of carbonyl (C=O) groups excluding carboxylic acids is 3. The van der Waals surface area contributed by atoms with Gasteiger partial charge in [-0.15, -0.1) is 0 Å². The Morgan fingerprint density at radius 1 is 0.286 bits per heavy atom. The summed E-state index contributed by atoms with van der Waals surface area (Å²) < 4.78 is 16.9. The molecule has 6 nitrogen and oxygen atoms in total. The summed E-state index contributed by atoms with van der Waals surface area (Å²) in [6.07, 6.45) is 73.5. The van der Waals surface area contributed by atoms with Gasteiger partial charge in [0, 0.05) is 19.3 Å². The molecule has 0 radical (unpaired) electrons. The molecule has 406 valence electrons. The van der Waals surface area contributed by atoms with Gasteiger partial charge >= 0.3 is 17.9 Å². The first-order valence-corrected chi connectivity index (χ1v) is 30.3. The molecule has 0 bridgehead atoms. The Balaban J connectivity index is 4.42. The molecule has 0 saturated heterocycles. The highest BCUT2D eigenvalue weighted by Crippen LogP contribution is 2.16. The van der Waals surface area contributed by atoms with Crippen LogP contribution in [0.15, 0.2) is 60.8 Å². The summed E-state index contributed by atoms with van der Waals surface area (Å²) in [4.78, 5) is 38.2. The first-order valence-electron chi connectivity index (χ1n) is 30.3. The van der Waals surface area contributed by atoms with Gasteiger partial charge in [0.05, 0.1) is 0 Å². The van der Waals surface area contributed by atoms with Gasteiger partial charge in [0.2, 0.25) is 0 Å². The Kier molecular flexibility index (Phi) is 56.3. The molecule has 1 atom stereocenters. The number of hydrogen-bond acceptors (Lipinski definition) is 6. The molecule has 6 heteroatoms. The zero-order valence-corrected chi connectivity index (χ0v) is 46.5. The monoisotopic (exact) mass is 979 g/mol. The molecule has 0 rings (SSSR count). The SMILES string of the molecule is CCCCC/C=C\C/C=C\C/C=C\C/C=C\CCCCCC(=O)OC[C@@H](COC(=O)CCCCCCCCCCCCCCCCCC)OC(=O)CCCCCCCCC/C=C\CCCCCCCC. The van der Waals surface area contributed by atoms with Crippen molar-refractivity contribution in [1.82, 2.24) is 0 Å². The van der Waals surface area contributed by atoms with Crippen LogP contribution in [0.3, 0.4) is 0 Å². The highest BCUT2D eigenvalue weighted by Gasteiger charge is 2.19. The number of hydrogen-bond donors (Lipinski definition) is 0. The minimum absolute atomic E-state index is 0.0833. The Hall–Kier alpha value is -2.89. The highest BCUT2D eigenvalue weighted by molar-refractivity contribution is 5.71. The highest BCUT2D eigenvalue weighted by atomic mass is 16.6.